The molecule has 2 aromatic carbocycles. The Labute approximate surface area is 175 Å². The highest BCUT2D eigenvalue weighted by Gasteiger charge is 2.30. The van der Waals surface area contributed by atoms with E-state index in [1.165, 1.54) is 7.11 Å². The molecule has 6 heteroatoms. The number of para-hydroxylation sites is 1. The number of nitrogens with zero attached hydrogens (tertiary/aromatic N) is 3. The first kappa shape index (κ1) is 18.6. The number of hydrogen-bond donors (Lipinski definition) is 0. The van der Waals surface area contributed by atoms with E-state index in [4.69, 9.17) is 9.72 Å². The van der Waals surface area contributed by atoms with E-state index in [1.54, 1.807) is 6.07 Å². The topological polar surface area (TPSA) is 62.7 Å². The Bertz CT molecular complexity index is 1150. The summed E-state index contributed by atoms with van der Waals surface area (Å²) in [5.74, 6) is 0.369. The number of benzene rings is 2. The van der Waals surface area contributed by atoms with Crippen LogP contribution in [0.4, 0.5) is 11.5 Å². The van der Waals surface area contributed by atoms with Gasteiger partial charge in [-0.2, -0.15) is 0 Å². The molecule has 1 saturated heterocycles. The van der Waals surface area contributed by atoms with Crippen LogP contribution in [0, 0.1) is 0 Å². The molecule has 152 valence electrons. The zero-order valence-electron chi connectivity index (χ0n) is 16.9. The van der Waals surface area contributed by atoms with Crippen LogP contribution in [-0.2, 0) is 11.2 Å². The van der Waals surface area contributed by atoms with Crippen LogP contribution in [0.15, 0.2) is 48.5 Å². The number of methoxy groups -OCH3 is 1. The summed E-state index contributed by atoms with van der Waals surface area (Å²) in [5, 5.41) is 0.962. The lowest BCUT2D eigenvalue weighted by atomic mass is 10.1. The summed E-state index contributed by atoms with van der Waals surface area (Å²) in [6.07, 6.45) is 2.95. The molecule has 6 nitrogen and oxygen atoms in total. The summed E-state index contributed by atoms with van der Waals surface area (Å²) < 4.78 is 4.82. The van der Waals surface area contributed by atoms with Crippen molar-refractivity contribution in [3.63, 3.8) is 0 Å². The van der Waals surface area contributed by atoms with Crippen molar-refractivity contribution in [1.82, 2.24) is 4.98 Å². The molecule has 0 radical (unpaired) electrons. The average Bonchev–Trinajstić information content (AvgIpc) is 3.47. The van der Waals surface area contributed by atoms with Crippen molar-refractivity contribution in [3.8, 4) is 0 Å². The van der Waals surface area contributed by atoms with E-state index in [0.717, 1.165) is 53.9 Å². The number of pyridine rings is 1. The summed E-state index contributed by atoms with van der Waals surface area (Å²) >= 11 is 0. The van der Waals surface area contributed by atoms with Crippen LogP contribution in [0.1, 0.15) is 39.1 Å². The number of carbonyl (C=O) groups excluding carboxylic acids is 2. The minimum atomic E-state index is -0.363. The van der Waals surface area contributed by atoms with Gasteiger partial charge < -0.3 is 14.5 Å². The molecule has 0 aliphatic carbocycles. The quantitative estimate of drug-likeness (QED) is 0.625. The first-order chi connectivity index (χ1) is 14.7. The minimum absolute atomic E-state index is 0.0419. The molecule has 0 atom stereocenters. The third-order valence-electron chi connectivity index (χ3n) is 5.98. The van der Waals surface area contributed by atoms with Gasteiger partial charge in [0, 0.05) is 30.7 Å². The van der Waals surface area contributed by atoms with Crippen LogP contribution < -0.4 is 9.80 Å². The highest BCUT2D eigenvalue weighted by atomic mass is 16.5. The van der Waals surface area contributed by atoms with Crippen molar-refractivity contribution in [2.45, 2.75) is 19.3 Å². The first-order valence-electron chi connectivity index (χ1n) is 10.3. The summed E-state index contributed by atoms with van der Waals surface area (Å²) in [6.45, 7) is 2.43. The van der Waals surface area contributed by atoms with E-state index in [0.29, 0.717) is 24.1 Å². The molecular formula is C24H23N3O3. The number of hydrogen-bond acceptors (Lipinski definition) is 5. The van der Waals surface area contributed by atoms with Crippen LogP contribution in [0.2, 0.25) is 0 Å². The number of amides is 1. The van der Waals surface area contributed by atoms with Crippen molar-refractivity contribution in [3.05, 3.63) is 65.2 Å². The summed E-state index contributed by atoms with van der Waals surface area (Å²) in [5.41, 5.74) is 3.90. The molecule has 0 unspecified atom stereocenters. The molecule has 2 aliphatic heterocycles. The second-order valence-corrected chi connectivity index (χ2v) is 7.79. The van der Waals surface area contributed by atoms with Gasteiger partial charge in [0.1, 0.15) is 5.82 Å². The molecule has 2 aliphatic rings. The highest BCUT2D eigenvalue weighted by Crippen LogP contribution is 2.33. The van der Waals surface area contributed by atoms with Gasteiger partial charge in [-0.15, -0.1) is 0 Å². The molecule has 3 heterocycles. The van der Waals surface area contributed by atoms with E-state index in [9.17, 15) is 9.59 Å². The second kappa shape index (κ2) is 7.44. The van der Waals surface area contributed by atoms with Crippen LogP contribution in [-0.4, -0.2) is 43.6 Å². The Morgan fingerprint density at radius 1 is 1.00 bits per heavy atom. The zero-order valence-corrected chi connectivity index (χ0v) is 16.9. The highest BCUT2D eigenvalue weighted by molar-refractivity contribution is 6.12. The molecule has 1 fully saturated rings. The molecule has 0 saturated carbocycles. The van der Waals surface area contributed by atoms with Gasteiger partial charge in [-0.3, -0.25) is 4.79 Å². The maximum Gasteiger partial charge on any atom is 0.337 e. The maximum absolute atomic E-state index is 13.7. The van der Waals surface area contributed by atoms with Gasteiger partial charge in [0.05, 0.1) is 23.8 Å². The van der Waals surface area contributed by atoms with Crippen LogP contribution >= 0.6 is 0 Å². The van der Waals surface area contributed by atoms with Gasteiger partial charge in [-0.25, -0.2) is 9.78 Å². The van der Waals surface area contributed by atoms with Crippen molar-refractivity contribution in [2.24, 2.45) is 0 Å². The fourth-order valence-corrected chi connectivity index (χ4v) is 4.44. The van der Waals surface area contributed by atoms with Gasteiger partial charge in [0.15, 0.2) is 0 Å². The predicted molar refractivity (Wildman–Crippen MR) is 116 cm³/mol. The van der Waals surface area contributed by atoms with Crippen LogP contribution in [0.5, 0.6) is 0 Å². The van der Waals surface area contributed by atoms with Crippen molar-refractivity contribution in [1.29, 1.82) is 0 Å². The molecule has 0 spiro atoms. The normalized spacial score (nSPS) is 15.5. The monoisotopic (exact) mass is 401 g/mol. The molecule has 3 aromatic rings. The van der Waals surface area contributed by atoms with E-state index < -0.39 is 0 Å². The number of ether oxygens (including phenoxy) is 1. The molecule has 5 rings (SSSR count). The minimum Gasteiger partial charge on any atom is -0.465 e. The predicted octanol–water partition coefficient (Wildman–Crippen LogP) is 3.82. The van der Waals surface area contributed by atoms with Crippen molar-refractivity contribution >= 4 is 34.3 Å². The molecule has 0 bridgehead atoms. The van der Waals surface area contributed by atoms with Crippen molar-refractivity contribution < 1.29 is 14.3 Å². The maximum atomic E-state index is 13.7. The second-order valence-electron chi connectivity index (χ2n) is 7.79. The van der Waals surface area contributed by atoms with Crippen LogP contribution in [0.3, 0.4) is 0 Å². The smallest absolute Gasteiger partial charge is 0.337 e. The average molecular weight is 401 g/mol. The lowest BCUT2D eigenvalue weighted by Gasteiger charge is -2.24. The number of carbonyl (C=O) groups is 2. The lowest BCUT2D eigenvalue weighted by Crippen LogP contribution is -2.31. The van der Waals surface area contributed by atoms with Gasteiger partial charge in [-0.1, -0.05) is 18.2 Å². The Morgan fingerprint density at radius 2 is 1.80 bits per heavy atom. The molecule has 0 N–H and O–H groups in total. The van der Waals surface area contributed by atoms with Gasteiger partial charge in [0.2, 0.25) is 0 Å². The van der Waals surface area contributed by atoms with Crippen molar-refractivity contribution in [2.75, 3.05) is 36.5 Å². The Hall–Kier alpha value is -3.41. The van der Waals surface area contributed by atoms with Gasteiger partial charge in [0.25, 0.3) is 5.91 Å². The Balaban J connectivity index is 1.56. The number of esters is 1. The molecule has 1 aromatic heterocycles. The van der Waals surface area contributed by atoms with E-state index >= 15 is 0 Å². The fraction of sp³-hybridized carbons (Fsp3) is 0.292. The zero-order chi connectivity index (χ0) is 20.7. The van der Waals surface area contributed by atoms with Gasteiger partial charge in [-0.05, 0) is 55.2 Å². The van der Waals surface area contributed by atoms with Gasteiger partial charge >= 0.3 is 5.97 Å². The number of anilines is 2. The first-order valence-corrected chi connectivity index (χ1v) is 10.3. The lowest BCUT2D eigenvalue weighted by molar-refractivity contribution is 0.0600. The molecule has 30 heavy (non-hydrogen) atoms. The summed E-state index contributed by atoms with van der Waals surface area (Å²) in [6, 6.07) is 15.3. The number of aromatic nitrogens is 1. The van der Waals surface area contributed by atoms with E-state index in [-0.39, 0.29) is 11.9 Å². The SMILES string of the molecule is COC(=O)c1ccc2c(c1)CCN2C(=O)c1cc2ccccc2nc1N1CCCC1. The largest absolute Gasteiger partial charge is 0.465 e. The summed E-state index contributed by atoms with van der Waals surface area (Å²) in [7, 11) is 1.37. The third-order valence-corrected chi connectivity index (χ3v) is 5.98. The Morgan fingerprint density at radius 3 is 2.60 bits per heavy atom. The molecule has 1 amide bonds. The fourth-order valence-electron chi connectivity index (χ4n) is 4.44. The van der Waals surface area contributed by atoms with E-state index in [1.807, 2.05) is 47.4 Å². The summed E-state index contributed by atoms with van der Waals surface area (Å²) in [4.78, 5) is 34.4. The number of rotatable bonds is 3. The standard InChI is InChI=1S/C24H23N3O3/c1-30-24(29)18-8-9-21-17(14-18)10-13-27(21)23(28)19-15-16-6-2-3-7-20(16)25-22(19)26-11-4-5-12-26/h2-3,6-9,14-15H,4-5,10-13H2,1H3. The van der Waals surface area contributed by atoms with E-state index in [2.05, 4.69) is 4.90 Å². The third kappa shape index (κ3) is 3.09. The molecular weight excluding hydrogens is 378 g/mol. The van der Waals surface area contributed by atoms with Crippen LogP contribution in [0.25, 0.3) is 10.9 Å². The Kier molecular flexibility index (Phi) is 4.62. The number of fused-ring (bicyclic) bond motifs is 2.